The minimum Gasteiger partial charge on any atom is -0.497 e. The minimum atomic E-state index is -3.40. The number of non-ortho nitro benzene ring substituents is 1. The number of ketones is 1. The van der Waals surface area contributed by atoms with Crippen LogP contribution in [0, 0.1) is 10.1 Å². The van der Waals surface area contributed by atoms with Crippen LogP contribution in [0.3, 0.4) is 0 Å². The molecule has 0 radical (unpaired) electrons. The van der Waals surface area contributed by atoms with Crippen LogP contribution in [0.2, 0.25) is 0 Å². The molecule has 0 N–H and O–H groups in total. The van der Waals surface area contributed by atoms with Crippen molar-refractivity contribution < 1.29 is 27.6 Å². The van der Waals surface area contributed by atoms with E-state index >= 15 is 0 Å². The largest absolute Gasteiger partial charge is 0.497 e. The molecule has 4 rings (SSSR count). The van der Waals surface area contributed by atoms with E-state index in [0.717, 1.165) is 5.56 Å². The summed E-state index contributed by atoms with van der Waals surface area (Å²) in [7, 11) is -1.85. The highest BCUT2D eigenvalue weighted by Gasteiger charge is 2.25. The summed E-state index contributed by atoms with van der Waals surface area (Å²) in [5.41, 5.74) is 2.84. The number of ether oxygens (including phenoxy) is 2. The first-order chi connectivity index (χ1) is 16.7. The second-order valence-electron chi connectivity index (χ2n) is 8.16. The van der Waals surface area contributed by atoms with Crippen LogP contribution in [0.4, 0.5) is 11.4 Å². The first-order valence-corrected chi connectivity index (χ1v) is 12.7. The lowest BCUT2D eigenvalue weighted by Crippen LogP contribution is -2.34. The normalized spacial score (nSPS) is 13.1. The molecule has 3 aromatic carbocycles. The second-order valence-corrected chi connectivity index (χ2v) is 10.1. The van der Waals surface area contributed by atoms with Crippen molar-refractivity contribution in [3.63, 3.8) is 0 Å². The number of nitrogens with zero attached hydrogens (tertiary/aromatic N) is 2. The molecule has 0 fully saturated rings. The van der Waals surface area contributed by atoms with Gasteiger partial charge in [0, 0.05) is 29.8 Å². The molecule has 0 atom stereocenters. The third-order valence-electron chi connectivity index (χ3n) is 5.81. The second kappa shape index (κ2) is 9.75. The fraction of sp³-hybridized carbons (Fsp3) is 0.240. The number of sulfonamides is 1. The van der Waals surface area contributed by atoms with Gasteiger partial charge < -0.3 is 9.47 Å². The fourth-order valence-corrected chi connectivity index (χ4v) is 5.06. The predicted molar refractivity (Wildman–Crippen MR) is 132 cm³/mol. The number of rotatable bonds is 8. The summed E-state index contributed by atoms with van der Waals surface area (Å²) in [5.74, 6) is 0.678. The Kier molecular flexibility index (Phi) is 6.74. The highest BCUT2D eigenvalue weighted by Crippen LogP contribution is 2.35. The van der Waals surface area contributed by atoms with Gasteiger partial charge in [-0.25, -0.2) is 8.42 Å². The van der Waals surface area contributed by atoms with Gasteiger partial charge in [-0.2, -0.15) is 0 Å². The Hall–Kier alpha value is -3.92. The molecule has 1 heterocycles. The molecular formula is C25H24N2O7S. The molecule has 0 aromatic heterocycles. The zero-order valence-corrected chi connectivity index (χ0v) is 20.1. The number of methoxy groups -OCH3 is 1. The molecule has 35 heavy (non-hydrogen) atoms. The van der Waals surface area contributed by atoms with Crippen molar-refractivity contribution >= 4 is 27.2 Å². The number of carbonyl (C=O) groups excluding carboxylic acids is 1. The summed E-state index contributed by atoms with van der Waals surface area (Å²) in [6.45, 7) is 0.131. The maximum absolute atomic E-state index is 12.9. The molecule has 0 aliphatic carbocycles. The number of fused-ring (bicyclic) bond motifs is 1. The highest BCUT2D eigenvalue weighted by atomic mass is 32.2. The van der Waals surface area contributed by atoms with Crippen molar-refractivity contribution in [3.8, 4) is 22.6 Å². The van der Waals surface area contributed by atoms with E-state index < -0.39 is 14.9 Å². The Morgan fingerprint density at radius 3 is 2.49 bits per heavy atom. The number of nitro groups is 1. The van der Waals surface area contributed by atoms with Crippen molar-refractivity contribution in [2.75, 3.05) is 30.8 Å². The molecule has 0 saturated carbocycles. The van der Waals surface area contributed by atoms with Gasteiger partial charge in [0.2, 0.25) is 10.0 Å². The van der Waals surface area contributed by atoms with Crippen molar-refractivity contribution in [2.45, 2.75) is 12.8 Å². The quantitative estimate of drug-likeness (QED) is 0.260. The lowest BCUT2D eigenvalue weighted by molar-refractivity contribution is -0.384. The number of nitro benzene ring substituents is 1. The SMILES string of the molecule is COc1ccc(-c2cc([N+](=O)[O-])ccc2OCC(=O)c2ccc3c(c2)CCCN3S(C)(=O)=O)cc1. The van der Waals surface area contributed by atoms with Crippen LogP contribution in [0.25, 0.3) is 11.1 Å². The van der Waals surface area contributed by atoms with Crippen molar-refractivity contribution in [1.29, 1.82) is 0 Å². The molecule has 9 nitrogen and oxygen atoms in total. The number of carbonyl (C=O) groups is 1. The van der Waals surface area contributed by atoms with Gasteiger partial charge in [-0.05, 0) is 60.4 Å². The molecule has 0 amide bonds. The van der Waals surface area contributed by atoms with Crippen LogP contribution >= 0.6 is 0 Å². The van der Waals surface area contributed by atoms with Crippen LogP contribution in [0.15, 0.2) is 60.7 Å². The number of hydrogen-bond acceptors (Lipinski definition) is 7. The number of aryl methyl sites for hydroxylation is 1. The average Bonchev–Trinajstić information content (AvgIpc) is 2.85. The Morgan fingerprint density at radius 1 is 1.09 bits per heavy atom. The van der Waals surface area contributed by atoms with E-state index in [1.807, 2.05) is 0 Å². The van der Waals surface area contributed by atoms with E-state index in [0.29, 0.717) is 53.3 Å². The maximum atomic E-state index is 12.9. The topological polar surface area (TPSA) is 116 Å². The average molecular weight is 497 g/mol. The molecule has 3 aromatic rings. The van der Waals surface area contributed by atoms with Gasteiger partial charge in [0.05, 0.1) is 24.0 Å². The minimum absolute atomic E-state index is 0.0976. The lowest BCUT2D eigenvalue weighted by atomic mass is 9.99. The monoisotopic (exact) mass is 496 g/mol. The zero-order valence-electron chi connectivity index (χ0n) is 19.3. The number of Topliss-reactive ketones (excluding diaryl/α,β-unsaturated/α-hetero) is 1. The molecular weight excluding hydrogens is 472 g/mol. The molecule has 0 saturated heterocycles. The Balaban J connectivity index is 1.57. The maximum Gasteiger partial charge on any atom is 0.270 e. The number of anilines is 1. The Morgan fingerprint density at radius 2 is 1.83 bits per heavy atom. The van der Waals surface area contributed by atoms with Crippen molar-refractivity contribution in [2.24, 2.45) is 0 Å². The molecule has 182 valence electrons. The fourth-order valence-electron chi connectivity index (χ4n) is 4.06. The number of benzene rings is 3. The van der Waals surface area contributed by atoms with E-state index in [1.165, 1.54) is 28.8 Å². The lowest BCUT2D eigenvalue weighted by Gasteiger charge is -2.29. The molecule has 10 heteroatoms. The van der Waals surface area contributed by atoms with Gasteiger partial charge in [0.1, 0.15) is 11.5 Å². The summed E-state index contributed by atoms with van der Waals surface area (Å²) < 4.78 is 36.5. The van der Waals surface area contributed by atoms with E-state index in [4.69, 9.17) is 9.47 Å². The zero-order chi connectivity index (χ0) is 25.2. The summed E-state index contributed by atoms with van der Waals surface area (Å²) >= 11 is 0. The first-order valence-electron chi connectivity index (χ1n) is 10.9. The predicted octanol–water partition coefficient (Wildman–Crippen LogP) is 4.24. The van der Waals surface area contributed by atoms with Gasteiger partial charge in [-0.3, -0.25) is 19.2 Å². The van der Waals surface area contributed by atoms with Gasteiger partial charge in [0.25, 0.3) is 5.69 Å². The smallest absolute Gasteiger partial charge is 0.270 e. The van der Waals surface area contributed by atoms with Crippen LogP contribution in [-0.4, -0.2) is 45.6 Å². The third kappa shape index (κ3) is 5.27. The molecule has 0 bridgehead atoms. The van der Waals surface area contributed by atoms with Gasteiger partial charge >= 0.3 is 0 Å². The Labute approximate surface area is 203 Å². The molecule has 0 unspecified atom stereocenters. The van der Waals surface area contributed by atoms with Crippen LogP contribution < -0.4 is 13.8 Å². The van der Waals surface area contributed by atoms with Crippen LogP contribution in [-0.2, 0) is 16.4 Å². The van der Waals surface area contributed by atoms with E-state index in [-0.39, 0.29) is 18.1 Å². The molecule has 1 aliphatic rings. The highest BCUT2D eigenvalue weighted by molar-refractivity contribution is 7.92. The van der Waals surface area contributed by atoms with E-state index in [1.54, 1.807) is 49.6 Å². The van der Waals surface area contributed by atoms with Crippen LogP contribution in [0.5, 0.6) is 11.5 Å². The molecule has 0 spiro atoms. The van der Waals surface area contributed by atoms with E-state index in [9.17, 15) is 23.3 Å². The van der Waals surface area contributed by atoms with Crippen LogP contribution in [0.1, 0.15) is 22.3 Å². The summed E-state index contributed by atoms with van der Waals surface area (Å²) in [6.07, 6.45) is 2.51. The standard InChI is InChI=1S/C25H24N2O7S/c1-33-21-9-5-17(6-10-21)22-15-20(27(29)30)8-12-25(22)34-16-24(28)19-7-11-23-18(14-19)4-3-13-26(23)35(2,31)32/h5-12,14-15H,3-4,13,16H2,1-2H3. The van der Waals surface area contributed by atoms with Gasteiger partial charge in [-0.1, -0.05) is 12.1 Å². The van der Waals surface area contributed by atoms with Crippen molar-refractivity contribution in [3.05, 3.63) is 81.9 Å². The van der Waals surface area contributed by atoms with Crippen molar-refractivity contribution in [1.82, 2.24) is 0 Å². The first kappa shape index (κ1) is 24.2. The number of hydrogen-bond donors (Lipinski definition) is 0. The van der Waals surface area contributed by atoms with E-state index in [2.05, 4.69) is 0 Å². The summed E-state index contributed by atoms with van der Waals surface area (Å²) in [4.78, 5) is 23.7. The molecule has 1 aliphatic heterocycles. The van der Waals surface area contributed by atoms with Gasteiger partial charge in [-0.15, -0.1) is 0 Å². The Bertz CT molecular complexity index is 1390. The third-order valence-corrected chi connectivity index (χ3v) is 6.99. The summed E-state index contributed by atoms with van der Waals surface area (Å²) in [6, 6.07) is 16.1. The summed E-state index contributed by atoms with van der Waals surface area (Å²) in [5, 5.41) is 11.3. The van der Waals surface area contributed by atoms with Gasteiger partial charge in [0.15, 0.2) is 12.4 Å².